The lowest BCUT2D eigenvalue weighted by atomic mass is 9.90. The van der Waals surface area contributed by atoms with Gasteiger partial charge in [0.05, 0.1) is 4.90 Å². The van der Waals surface area contributed by atoms with Gasteiger partial charge in [0.1, 0.15) is 0 Å². The molecule has 0 saturated heterocycles. The van der Waals surface area contributed by atoms with Crippen molar-refractivity contribution >= 4 is 10.0 Å². The minimum absolute atomic E-state index is 0.195. The molecule has 0 unspecified atom stereocenters. The SMILES string of the molecule is NS(=O)(=O)c1c(-c2ncccn2)ccc2c1CCCC2. The molecule has 0 atom stereocenters. The molecule has 0 fully saturated rings. The molecular weight excluding hydrogens is 274 g/mol. The summed E-state index contributed by atoms with van der Waals surface area (Å²) in [6.45, 7) is 0. The summed E-state index contributed by atoms with van der Waals surface area (Å²) < 4.78 is 24.0. The van der Waals surface area contributed by atoms with Gasteiger partial charge in [-0.1, -0.05) is 6.07 Å². The molecule has 0 amide bonds. The van der Waals surface area contributed by atoms with Crippen molar-refractivity contribution < 1.29 is 8.42 Å². The van der Waals surface area contributed by atoms with Crippen LogP contribution in [-0.4, -0.2) is 18.4 Å². The number of benzene rings is 1. The molecule has 1 aliphatic carbocycles. The van der Waals surface area contributed by atoms with E-state index in [2.05, 4.69) is 9.97 Å². The smallest absolute Gasteiger partial charge is 0.237 e. The highest BCUT2D eigenvalue weighted by Crippen LogP contribution is 2.33. The zero-order chi connectivity index (χ0) is 14.2. The second-order valence-corrected chi connectivity index (χ2v) is 6.40. The van der Waals surface area contributed by atoms with Crippen molar-refractivity contribution in [2.24, 2.45) is 5.14 Å². The first kappa shape index (κ1) is 13.2. The summed E-state index contributed by atoms with van der Waals surface area (Å²) in [5.41, 5.74) is 2.40. The summed E-state index contributed by atoms with van der Waals surface area (Å²) in [7, 11) is -3.80. The fraction of sp³-hybridized carbons (Fsp3) is 0.286. The van der Waals surface area contributed by atoms with Crippen LogP contribution in [0.15, 0.2) is 35.5 Å². The Hall–Kier alpha value is -1.79. The number of aryl methyl sites for hydroxylation is 1. The van der Waals surface area contributed by atoms with Gasteiger partial charge < -0.3 is 0 Å². The van der Waals surface area contributed by atoms with E-state index in [0.717, 1.165) is 36.8 Å². The Kier molecular flexibility index (Phi) is 3.27. The molecule has 3 rings (SSSR count). The molecule has 6 heteroatoms. The average Bonchev–Trinajstić information content (AvgIpc) is 2.46. The van der Waals surface area contributed by atoms with E-state index < -0.39 is 10.0 Å². The highest BCUT2D eigenvalue weighted by Gasteiger charge is 2.25. The van der Waals surface area contributed by atoms with Crippen LogP contribution in [0, 0.1) is 0 Å². The second-order valence-electron chi connectivity index (χ2n) is 4.90. The van der Waals surface area contributed by atoms with E-state index in [-0.39, 0.29) is 4.90 Å². The predicted octanol–water partition coefficient (Wildman–Crippen LogP) is 1.67. The third-order valence-electron chi connectivity index (χ3n) is 3.57. The van der Waals surface area contributed by atoms with Crippen LogP contribution < -0.4 is 5.14 Å². The molecule has 1 aliphatic rings. The maximum Gasteiger partial charge on any atom is 0.239 e. The Bertz CT molecular complexity index is 743. The highest BCUT2D eigenvalue weighted by atomic mass is 32.2. The standard InChI is InChI=1S/C14H15N3O2S/c15-20(18,19)13-11-5-2-1-4-10(11)6-7-12(13)14-16-8-3-9-17-14/h3,6-9H,1-2,4-5H2,(H2,15,18,19). The molecular formula is C14H15N3O2S. The Morgan fingerprint density at radius 3 is 2.45 bits per heavy atom. The maximum absolute atomic E-state index is 12.0. The molecule has 0 saturated carbocycles. The number of fused-ring (bicyclic) bond motifs is 1. The van der Waals surface area contributed by atoms with Crippen LogP contribution in [0.2, 0.25) is 0 Å². The van der Waals surface area contributed by atoms with Crippen molar-refractivity contribution in [3.63, 3.8) is 0 Å². The van der Waals surface area contributed by atoms with Gasteiger partial charge in [0.25, 0.3) is 0 Å². The van der Waals surface area contributed by atoms with Gasteiger partial charge >= 0.3 is 0 Å². The van der Waals surface area contributed by atoms with Gasteiger partial charge in [-0.3, -0.25) is 0 Å². The van der Waals surface area contributed by atoms with Crippen molar-refractivity contribution in [3.8, 4) is 11.4 Å². The number of nitrogens with two attached hydrogens (primary N) is 1. The van der Waals surface area contributed by atoms with Crippen molar-refractivity contribution in [2.45, 2.75) is 30.6 Å². The Morgan fingerprint density at radius 1 is 1.05 bits per heavy atom. The molecule has 0 aliphatic heterocycles. The zero-order valence-electron chi connectivity index (χ0n) is 10.9. The van der Waals surface area contributed by atoms with E-state index >= 15 is 0 Å². The van der Waals surface area contributed by atoms with Gasteiger partial charge in [-0.2, -0.15) is 0 Å². The van der Waals surface area contributed by atoms with Gasteiger partial charge in [0.2, 0.25) is 10.0 Å². The van der Waals surface area contributed by atoms with Gasteiger partial charge in [-0.15, -0.1) is 0 Å². The van der Waals surface area contributed by atoms with E-state index in [1.165, 1.54) is 0 Å². The number of nitrogens with zero attached hydrogens (tertiary/aromatic N) is 2. The van der Waals surface area contributed by atoms with Crippen molar-refractivity contribution in [2.75, 3.05) is 0 Å². The lowest BCUT2D eigenvalue weighted by molar-refractivity contribution is 0.593. The lowest BCUT2D eigenvalue weighted by Crippen LogP contribution is -2.19. The monoisotopic (exact) mass is 289 g/mol. The van der Waals surface area contributed by atoms with Crippen LogP contribution in [0.4, 0.5) is 0 Å². The number of sulfonamides is 1. The minimum atomic E-state index is -3.80. The number of hydrogen-bond donors (Lipinski definition) is 1. The van der Waals surface area contributed by atoms with Crippen molar-refractivity contribution in [3.05, 3.63) is 41.7 Å². The topological polar surface area (TPSA) is 85.9 Å². The lowest BCUT2D eigenvalue weighted by Gasteiger charge is -2.20. The van der Waals surface area contributed by atoms with Crippen LogP contribution in [0.3, 0.4) is 0 Å². The molecule has 0 radical (unpaired) electrons. The van der Waals surface area contributed by atoms with Crippen LogP contribution >= 0.6 is 0 Å². The Balaban J connectivity index is 2.31. The third-order valence-corrected chi connectivity index (χ3v) is 4.61. The Labute approximate surface area is 117 Å². The molecule has 2 N–H and O–H groups in total. The van der Waals surface area contributed by atoms with Crippen LogP contribution in [-0.2, 0) is 22.9 Å². The number of rotatable bonds is 2. The first-order valence-corrected chi connectivity index (χ1v) is 8.07. The van der Waals surface area contributed by atoms with Crippen molar-refractivity contribution in [1.29, 1.82) is 0 Å². The quantitative estimate of drug-likeness (QED) is 0.911. The van der Waals surface area contributed by atoms with E-state index in [1.807, 2.05) is 6.07 Å². The molecule has 104 valence electrons. The zero-order valence-corrected chi connectivity index (χ0v) is 11.7. The molecule has 20 heavy (non-hydrogen) atoms. The third kappa shape index (κ3) is 2.32. The summed E-state index contributed by atoms with van der Waals surface area (Å²) >= 11 is 0. The highest BCUT2D eigenvalue weighted by molar-refractivity contribution is 7.89. The predicted molar refractivity (Wildman–Crippen MR) is 75.5 cm³/mol. The molecule has 0 spiro atoms. The normalized spacial score (nSPS) is 14.8. The maximum atomic E-state index is 12.0. The first-order chi connectivity index (χ1) is 9.57. The number of hydrogen-bond acceptors (Lipinski definition) is 4. The van der Waals surface area contributed by atoms with Gasteiger partial charge in [0, 0.05) is 18.0 Å². The summed E-state index contributed by atoms with van der Waals surface area (Å²) in [5.74, 6) is 0.393. The fourth-order valence-electron chi connectivity index (χ4n) is 2.73. The minimum Gasteiger partial charge on any atom is -0.237 e. The molecule has 2 aromatic rings. The van der Waals surface area contributed by atoms with Crippen LogP contribution in [0.1, 0.15) is 24.0 Å². The Morgan fingerprint density at radius 2 is 1.75 bits per heavy atom. The van der Waals surface area contributed by atoms with Gasteiger partial charge in [0.15, 0.2) is 5.82 Å². The number of primary sulfonamides is 1. The molecule has 1 aromatic carbocycles. The number of aromatic nitrogens is 2. The van der Waals surface area contributed by atoms with Gasteiger partial charge in [-0.05, 0) is 48.9 Å². The first-order valence-electron chi connectivity index (χ1n) is 6.52. The largest absolute Gasteiger partial charge is 0.239 e. The summed E-state index contributed by atoms with van der Waals surface area (Å²) in [5, 5.41) is 5.44. The van der Waals surface area contributed by atoms with E-state index in [0.29, 0.717) is 11.4 Å². The van der Waals surface area contributed by atoms with E-state index in [1.54, 1.807) is 24.5 Å². The molecule has 5 nitrogen and oxygen atoms in total. The molecule has 1 heterocycles. The molecule has 0 bridgehead atoms. The average molecular weight is 289 g/mol. The van der Waals surface area contributed by atoms with Gasteiger partial charge in [-0.25, -0.2) is 23.5 Å². The summed E-state index contributed by atoms with van der Waals surface area (Å²) in [6, 6.07) is 5.42. The summed E-state index contributed by atoms with van der Waals surface area (Å²) in [4.78, 5) is 8.48. The van der Waals surface area contributed by atoms with Crippen LogP contribution in [0.5, 0.6) is 0 Å². The second kappa shape index (κ2) is 4.96. The van der Waals surface area contributed by atoms with Crippen molar-refractivity contribution in [1.82, 2.24) is 9.97 Å². The van der Waals surface area contributed by atoms with E-state index in [4.69, 9.17) is 5.14 Å². The van der Waals surface area contributed by atoms with E-state index in [9.17, 15) is 8.42 Å². The summed E-state index contributed by atoms with van der Waals surface area (Å²) in [6.07, 6.45) is 6.88. The van der Waals surface area contributed by atoms with Crippen LogP contribution in [0.25, 0.3) is 11.4 Å². The fourth-order valence-corrected chi connectivity index (χ4v) is 3.78. The molecule has 1 aromatic heterocycles.